The zero-order valence-electron chi connectivity index (χ0n) is 23.6. The molecule has 1 aliphatic carbocycles. The van der Waals surface area contributed by atoms with Crippen molar-refractivity contribution in [1.82, 2.24) is 26.3 Å². The van der Waals surface area contributed by atoms with Crippen LogP contribution in [-0.2, 0) is 20.2 Å². The Kier molecular flexibility index (Phi) is 7.70. The average Bonchev–Trinajstić information content (AvgIpc) is 3.82. The van der Waals surface area contributed by atoms with E-state index < -0.39 is 48.0 Å². The summed E-state index contributed by atoms with van der Waals surface area (Å²) in [5.41, 5.74) is 1.83. The quantitative estimate of drug-likeness (QED) is 0.134. The Hall–Kier alpha value is -4.24. The van der Waals surface area contributed by atoms with E-state index in [1.807, 2.05) is 0 Å². The summed E-state index contributed by atoms with van der Waals surface area (Å²) >= 11 is 1.31. The molecule has 2 aromatic carbocycles. The highest BCUT2D eigenvalue weighted by atomic mass is 32.1. The molecule has 3 amide bonds. The van der Waals surface area contributed by atoms with E-state index in [1.165, 1.54) is 40.5 Å². The molecule has 6 N–H and O–H groups in total. The molecule has 3 atom stereocenters. The summed E-state index contributed by atoms with van der Waals surface area (Å²) in [5.74, 6) is -4.86. The van der Waals surface area contributed by atoms with Gasteiger partial charge in [-0.1, -0.05) is 30.3 Å². The van der Waals surface area contributed by atoms with Gasteiger partial charge in [0.15, 0.2) is 0 Å². The molecule has 3 aliphatic rings. The number of ether oxygens (including phenoxy) is 1. The van der Waals surface area contributed by atoms with Gasteiger partial charge in [0.2, 0.25) is 11.8 Å². The fourth-order valence-electron chi connectivity index (χ4n) is 6.01. The first-order chi connectivity index (χ1) is 21.0. The van der Waals surface area contributed by atoms with E-state index in [2.05, 4.69) is 16.0 Å². The second kappa shape index (κ2) is 11.4. The number of hydrogen-bond donors (Lipinski definition) is 6. The number of fused-ring (bicyclic) bond motifs is 3. The fourth-order valence-corrected chi connectivity index (χ4v) is 6.92. The molecule has 44 heavy (non-hydrogen) atoms. The van der Waals surface area contributed by atoms with Crippen LogP contribution >= 0.6 is 11.3 Å². The molecular weight excluding hydrogens is 594 g/mol. The summed E-state index contributed by atoms with van der Waals surface area (Å²) in [5, 5.41) is 27.1. The minimum Gasteiger partial charge on any atom is -0.357 e. The van der Waals surface area contributed by atoms with Crippen molar-refractivity contribution in [3.8, 4) is 11.1 Å². The zero-order chi connectivity index (χ0) is 31.2. The number of nitrogens with zero attached hydrogens (tertiary/aromatic N) is 1. The molecule has 0 radical (unpaired) electrons. The molecule has 2 aliphatic heterocycles. The molecule has 6 rings (SSSR count). The fraction of sp³-hybridized carbons (Fsp3) is 0.333. The summed E-state index contributed by atoms with van der Waals surface area (Å²) in [4.78, 5) is 42.1. The summed E-state index contributed by atoms with van der Waals surface area (Å²) in [6.45, 7) is 2.44. The van der Waals surface area contributed by atoms with Crippen LogP contribution in [0.5, 0.6) is 0 Å². The molecule has 0 saturated carbocycles. The largest absolute Gasteiger partial charge is 0.357 e. The summed E-state index contributed by atoms with van der Waals surface area (Å²) < 4.78 is 35.7. The summed E-state index contributed by atoms with van der Waals surface area (Å²) in [6.07, 6.45) is 0.207. The van der Waals surface area contributed by atoms with Gasteiger partial charge < -0.3 is 20.3 Å². The third-order valence-corrected chi connectivity index (χ3v) is 9.37. The molecule has 0 bridgehead atoms. The maximum Gasteiger partial charge on any atom is 0.299 e. The molecule has 2 fully saturated rings. The number of nitrogens with one attached hydrogen (secondary N) is 5. The molecule has 3 heterocycles. The molecule has 1 aromatic heterocycles. The first-order valence-electron chi connectivity index (χ1n) is 14.0. The molecule has 14 heteroatoms. The van der Waals surface area contributed by atoms with E-state index in [0.29, 0.717) is 24.3 Å². The van der Waals surface area contributed by atoms with E-state index in [1.54, 1.807) is 42.0 Å². The van der Waals surface area contributed by atoms with Gasteiger partial charge in [0.25, 0.3) is 11.8 Å². The highest BCUT2D eigenvalue weighted by molar-refractivity contribution is 7.10. The summed E-state index contributed by atoms with van der Waals surface area (Å²) in [6, 6.07) is 10.5. The van der Waals surface area contributed by atoms with E-state index in [4.69, 9.17) is 15.4 Å². The van der Waals surface area contributed by atoms with Gasteiger partial charge in [-0.05, 0) is 36.2 Å². The minimum atomic E-state index is -3.17. The van der Waals surface area contributed by atoms with Gasteiger partial charge in [0.05, 0.1) is 25.7 Å². The highest BCUT2D eigenvalue weighted by Gasteiger charge is 2.51. The van der Waals surface area contributed by atoms with Crippen LogP contribution in [0.2, 0.25) is 0 Å². The van der Waals surface area contributed by atoms with Crippen molar-refractivity contribution in [3.63, 3.8) is 0 Å². The number of thiophene rings is 1. The third kappa shape index (κ3) is 5.23. The molecule has 3 aromatic rings. The SMILES string of the molecule is C[C@@H](NC(=O)[C@@H]1CC2(CN1C(=O)CNC(=O)c1ccc3c(c1)-c1ccccc1C3(F)F)NCCO2)c1cc(C(=N)NO)cs1. The Labute approximate surface area is 255 Å². The minimum absolute atomic E-state index is 0.0986. The molecule has 11 nitrogen and oxygen atoms in total. The van der Waals surface area contributed by atoms with Crippen LogP contribution in [0.1, 0.15) is 51.3 Å². The topological polar surface area (TPSA) is 156 Å². The number of benzene rings is 2. The number of amidine groups is 1. The van der Waals surface area contributed by atoms with Crippen molar-refractivity contribution < 1.29 is 33.1 Å². The number of hydroxylamine groups is 1. The second-order valence-corrected chi connectivity index (χ2v) is 12.0. The van der Waals surface area contributed by atoms with E-state index in [0.717, 1.165) is 4.88 Å². The van der Waals surface area contributed by atoms with Crippen LogP contribution in [-0.4, -0.2) is 71.7 Å². The lowest BCUT2D eigenvalue weighted by Gasteiger charge is -2.25. The Bertz CT molecular complexity index is 1660. The lowest BCUT2D eigenvalue weighted by Crippen LogP contribution is -2.50. The lowest BCUT2D eigenvalue weighted by molar-refractivity contribution is -0.138. The lowest BCUT2D eigenvalue weighted by atomic mass is 10.0. The number of alkyl halides is 2. The number of halogens is 2. The first-order valence-corrected chi connectivity index (χ1v) is 14.9. The van der Waals surface area contributed by atoms with Crippen molar-refractivity contribution in [2.45, 2.75) is 37.1 Å². The van der Waals surface area contributed by atoms with Gasteiger partial charge in [-0.15, -0.1) is 11.3 Å². The number of carbonyl (C=O) groups excluding carboxylic acids is 3. The number of likely N-dealkylation sites (tertiary alicyclic amines) is 1. The molecule has 1 unspecified atom stereocenters. The maximum atomic E-state index is 14.9. The number of rotatable bonds is 7. The predicted octanol–water partition coefficient (Wildman–Crippen LogP) is 2.70. The number of amides is 3. The normalized spacial score (nSPS) is 21.9. The Morgan fingerprint density at radius 2 is 1.93 bits per heavy atom. The van der Waals surface area contributed by atoms with Crippen LogP contribution in [0.4, 0.5) is 8.78 Å². The zero-order valence-corrected chi connectivity index (χ0v) is 24.4. The van der Waals surface area contributed by atoms with Gasteiger partial charge in [-0.2, -0.15) is 8.78 Å². The molecule has 2 saturated heterocycles. The smallest absolute Gasteiger partial charge is 0.299 e. The average molecular weight is 625 g/mol. The van der Waals surface area contributed by atoms with E-state index >= 15 is 0 Å². The van der Waals surface area contributed by atoms with Crippen LogP contribution in [0.25, 0.3) is 11.1 Å². The van der Waals surface area contributed by atoms with Crippen molar-refractivity contribution in [1.29, 1.82) is 5.41 Å². The monoisotopic (exact) mass is 624 g/mol. The number of carbonyl (C=O) groups is 3. The highest BCUT2D eigenvalue weighted by Crippen LogP contribution is 2.50. The first kappa shape index (κ1) is 29.8. The second-order valence-electron chi connectivity index (χ2n) is 11.0. The van der Waals surface area contributed by atoms with Crippen LogP contribution in [0.3, 0.4) is 0 Å². The molecule has 1 spiro atoms. The Morgan fingerprint density at radius 1 is 1.16 bits per heavy atom. The predicted molar refractivity (Wildman–Crippen MR) is 157 cm³/mol. The molecule has 230 valence electrons. The van der Waals surface area contributed by atoms with Crippen molar-refractivity contribution in [2.75, 3.05) is 26.2 Å². The van der Waals surface area contributed by atoms with E-state index in [9.17, 15) is 23.2 Å². The van der Waals surface area contributed by atoms with Crippen LogP contribution in [0, 0.1) is 5.41 Å². The van der Waals surface area contributed by atoms with Gasteiger partial charge >= 0.3 is 0 Å². The van der Waals surface area contributed by atoms with Gasteiger partial charge in [-0.3, -0.25) is 35.8 Å². The van der Waals surface area contributed by atoms with Crippen LogP contribution < -0.4 is 21.4 Å². The maximum absolute atomic E-state index is 14.9. The third-order valence-electron chi connectivity index (χ3n) is 8.26. The standard InChI is InChI=1S/C30H30F2N6O5S/c1-16(24-11-18(14-44-24)26(33)37-42)36-28(41)23-12-29(35-8-9-43-29)15-38(23)25(39)13-34-27(40)17-6-7-22-20(10-17)19-4-2-3-5-21(19)30(22,31)32/h2-7,10-11,14,16,23,35,42H,8-9,12-13,15H2,1H3,(H2,33,37)(H,34,40)(H,36,41)/t16-,23+,29?/m1/s1. The summed E-state index contributed by atoms with van der Waals surface area (Å²) in [7, 11) is 0. The number of hydrogen-bond acceptors (Lipinski definition) is 8. The Morgan fingerprint density at radius 3 is 2.68 bits per heavy atom. The van der Waals surface area contributed by atoms with E-state index in [-0.39, 0.29) is 41.1 Å². The van der Waals surface area contributed by atoms with Gasteiger partial charge in [-0.25, -0.2) is 0 Å². The van der Waals surface area contributed by atoms with Gasteiger partial charge in [0.1, 0.15) is 17.6 Å². The Balaban J connectivity index is 1.14. The van der Waals surface area contributed by atoms with Crippen molar-refractivity contribution in [3.05, 3.63) is 81.0 Å². The van der Waals surface area contributed by atoms with Crippen molar-refractivity contribution in [2.24, 2.45) is 0 Å². The van der Waals surface area contributed by atoms with Crippen molar-refractivity contribution >= 4 is 34.9 Å². The van der Waals surface area contributed by atoms with Gasteiger partial charge in [0, 0.05) is 45.5 Å². The van der Waals surface area contributed by atoms with Crippen LogP contribution in [0.15, 0.2) is 53.9 Å². The molecular formula is C30H30F2N6O5S.